The van der Waals surface area contributed by atoms with Crippen LogP contribution in [-0.2, 0) is 17.9 Å². The minimum Gasteiger partial charge on any atom is -0.354 e. The van der Waals surface area contributed by atoms with Gasteiger partial charge in [0.15, 0.2) is 0 Å². The fourth-order valence-corrected chi connectivity index (χ4v) is 4.38. The molecule has 0 fully saturated rings. The SMILES string of the molecule is Cc1cc(C)n(CCCNC(=O)Cn2cnc3sc(-c4ccccc4)cc3c2=O)n1. The number of carbonyl (C=O) groups excluding carboxylic acids is 1. The molecule has 8 heteroatoms. The van der Waals surface area contributed by atoms with Gasteiger partial charge in [-0.2, -0.15) is 5.10 Å². The average molecular weight is 422 g/mol. The first-order chi connectivity index (χ1) is 14.5. The molecule has 0 aliphatic carbocycles. The van der Waals surface area contributed by atoms with Gasteiger partial charge < -0.3 is 5.32 Å². The molecule has 1 aromatic carbocycles. The quantitative estimate of drug-likeness (QED) is 0.465. The molecule has 0 aliphatic rings. The Bertz CT molecular complexity index is 1240. The van der Waals surface area contributed by atoms with Crippen molar-refractivity contribution in [3.05, 3.63) is 70.5 Å². The van der Waals surface area contributed by atoms with Crippen molar-refractivity contribution >= 4 is 27.5 Å². The molecule has 0 radical (unpaired) electrons. The van der Waals surface area contributed by atoms with Crippen LogP contribution in [0.5, 0.6) is 0 Å². The Morgan fingerprint density at radius 1 is 1.17 bits per heavy atom. The van der Waals surface area contributed by atoms with E-state index in [0.717, 1.165) is 34.8 Å². The third-order valence-electron chi connectivity index (χ3n) is 4.86. The second kappa shape index (κ2) is 8.62. The monoisotopic (exact) mass is 421 g/mol. The van der Waals surface area contributed by atoms with E-state index in [1.807, 2.05) is 61.0 Å². The largest absolute Gasteiger partial charge is 0.354 e. The van der Waals surface area contributed by atoms with E-state index >= 15 is 0 Å². The highest BCUT2D eigenvalue weighted by Gasteiger charge is 2.12. The number of rotatable bonds is 7. The highest BCUT2D eigenvalue weighted by atomic mass is 32.1. The Kier molecular flexibility index (Phi) is 5.76. The number of benzene rings is 1. The Labute approximate surface area is 178 Å². The molecule has 0 unspecified atom stereocenters. The lowest BCUT2D eigenvalue weighted by Crippen LogP contribution is -2.33. The van der Waals surface area contributed by atoms with E-state index in [1.54, 1.807) is 0 Å². The molecule has 3 heterocycles. The summed E-state index contributed by atoms with van der Waals surface area (Å²) in [5, 5.41) is 7.82. The molecule has 0 saturated heterocycles. The number of aryl methyl sites for hydroxylation is 3. The molecule has 0 atom stereocenters. The topological polar surface area (TPSA) is 81.8 Å². The highest BCUT2D eigenvalue weighted by molar-refractivity contribution is 7.21. The van der Waals surface area contributed by atoms with Gasteiger partial charge in [0, 0.05) is 23.7 Å². The van der Waals surface area contributed by atoms with Crippen LogP contribution in [0.4, 0.5) is 0 Å². The zero-order chi connectivity index (χ0) is 21.1. The Morgan fingerprint density at radius 3 is 2.70 bits per heavy atom. The molecule has 4 aromatic rings. The van der Waals surface area contributed by atoms with E-state index in [9.17, 15) is 9.59 Å². The number of thiophene rings is 1. The predicted molar refractivity (Wildman–Crippen MR) is 119 cm³/mol. The summed E-state index contributed by atoms with van der Waals surface area (Å²) < 4.78 is 3.30. The summed E-state index contributed by atoms with van der Waals surface area (Å²) in [6.45, 7) is 5.20. The van der Waals surface area contributed by atoms with Crippen LogP contribution in [0.15, 0.2) is 53.6 Å². The summed E-state index contributed by atoms with van der Waals surface area (Å²) in [6.07, 6.45) is 2.22. The Hall–Kier alpha value is -3.26. The van der Waals surface area contributed by atoms with Gasteiger partial charge in [-0.3, -0.25) is 18.8 Å². The van der Waals surface area contributed by atoms with Crippen LogP contribution in [0, 0.1) is 13.8 Å². The first-order valence-electron chi connectivity index (χ1n) is 9.83. The number of amides is 1. The van der Waals surface area contributed by atoms with Gasteiger partial charge in [-0.1, -0.05) is 30.3 Å². The van der Waals surface area contributed by atoms with Crippen LogP contribution < -0.4 is 10.9 Å². The fourth-order valence-electron chi connectivity index (χ4n) is 3.39. The summed E-state index contributed by atoms with van der Waals surface area (Å²) in [5.41, 5.74) is 2.95. The second-order valence-corrected chi connectivity index (χ2v) is 8.26. The number of aromatic nitrogens is 4. The van der Waals surface area contributed by atoms with Crippen molar-refractivity contribution in [3.8, 4) is 10.4 Å². The number of hydrogen-bond donors (Lipinski definition) is 1. The highest BCUT2D eigenvalue weighted by Crippen LogP contribution is 2.30. The minimum absolute atomic E-state index is 0.0435. The van der Waals surface area contributed by atoms with E-state index in [-0.39, 0.29) is 18.0 Å². The summed E-state index contributed by atoms with van der Waals surface area (Å²) in [4.78, 5) is 31.1. The first-order valence-corrected chi connectivity index (χ1v) is 10.6. The third kappa shape index (κ3) is 4.33. The lowest BCUT2D eigenvalue weighted by Gasteiger charge is -2.08. The predicted octanol–water partition coefficient (Wildman–Crippen LogP) is 3.14. The smallest absolute Gasteiger partial charge is 0.262 e. The van der Waals surface area contributed by atoms with Crippen LogP contribution in [0.25, 0.3) is 20.7 Å². The van der Waals surface area contributed by atoms with Crippen molar-refractivity contribution in [2.45, 2.75) is 33.4 Å². The number of hydrogen-bond acceptors (Lipinski definition) is 5. The van der Waals surface area contributed by atoms with E-state index in [2.05, 4.69) is 15.4 Å². The third-order valence-corrected chi connectivity index (χ3v) is 5.95. The lowest BCUT2D eigenvalue weighted by atomic mass is 10.2. The number of nitrogens with zero attached hydrogens (tertiary/aromatic N) is 4. The summed E-state index contributed by atoms with van der Waals surface area (Å²) >= 11 is 1.48. The van der Waals surface area contributed by atoms with Gasteiger partial charge in [0.1, 0.15) is 11.4 Å². The van der Waals surface area contributed by atoms with Gasteiger partial charge in [-0.05, 0) is 38.0 Å². The Morgan fingerprint density at radius 2 is 1.97 bits per heavy atom. The van der Waals surface area contributed by atoms with Gasteiger partial charge in [0.2, 0.25) is 5.91 Å². The van der Waals surface area contributed by atoms with E-state index in [0.29, 0.717) is 16.8 Å². The molecule has 30 heavy (non-hydrogen) atoms. The van der Waals surface area contributed by atoms with Crippen molar-refractivity contribution in [1.82, 2.24) is 24.6 Å². The zero-order valence-corrected chi connectivity index (χ0v) is 17.8. The van der Waals surface area contributed by atoms with Gasteiger partial charge in [-0.25, -0.2) is 4.98 Å². The molecular weight excluding hydrogens is 398 g/mol. The van der Waals surface area contributed by atoms with Crippen molar-refractivity contribution in [2.24, 2.45) is 0 Å². The first kappa shape index (κ1) is 20.0. The number of nitrogens with one attached hydrogen (secondary N) is 1. The number of fused-ring (bicyclic) bond motifs is 1. The van der Waals surface area contributed by atoms with Crippen molar-refractivity contribution in [2.75, 3.05) is 6.54 Å². The molecule has 0 spiro atoms. The van der Waals surface area contributed by atoms with Crippen LogP contribution in [0.2, 0.25) is 0 Å². The normalized spacial score (nSPS) is 11.1. The second-order valence-electron chi connectivity index (χ2n) is 7.23. The Balaban J connectivity index is 1.38. The molecule has 7 nitrogen and oxygen atoms in total. The molecule has 1 N–H and O–H groups in total. The maximum Gasteiger partial charge on any atom is 0.262 e. The molecule has 0 bridgehead atoms. The lowest BCUT2D eigenvalue weighted by molar-refractivity contribution is -0.121. The maximum atomic E-state index is 12.8. The summed E-state index contributed by atoms with van der Waals surface area (Å²) in [7, 11) is 0. The standard InChI is InChI=1S/C22H23N5O2S/c1-15-11-16(2)27(25-15)10-6-9-23-20(28)13-26-14-24-21-18(22(26)29)12-19(30-21)17-7-4-3-5-8-17/h3-5,7-8,11-12,14H,6,9-10,13H2,1-2H3,(H,23,28). The molecule has 1 amide bonds. The van der Waals surface area contributed by atoms with Gasteiger partial charge in [0.05, 0.1) is 17.4 Å². The van der Waals surface area contributed by atoms with Gasteiger partial charge >= 0.3 is 0 Å². The molecule has 154 valence electrons. The van der Waals surface area contributed by atoms with Crippen LogP contribution in [0.1, 0.15) is 17.8 Å². The fraction of sp³-hybridized carbons (Fsp3) is 0.273. The van der Waals surface area contributed by atoms with Crippen LogP contribution >= 0.6 is 11.3 Å². The van der Waals surface area contributed by atoms with Crippen molar-refractivity contribution in [3.63, 3.8) is 0 Å². The van der Waals surface area contributed by atoms with E-state index in [1.165, 1.54) is 22.2 Å². The van der Waals surface area contributed by atoms with Gasteiger partial charge in [0.25, 0.3) is 5.56 Å². The van der Waals surface area contributed by atoms with Gasteiger partial charge in [-0.15, -0.1) is 11.3 Å². The maximum absolute atomic E-state index is 12.8. The van der Waals surface area contributed by atoms with Crippen molar-refractivity contribution < 1.29 is 4.79 Å². The average Bonchev–Trinajstić information content (AvgIpc) is 3.31. The summed E-state index contributed by atoms with van der Waals surface area (Å²) in [6, 6.07) is 13.8. The molecule has 3 aromatic heterocycles. The molecule has 4 rings (SSSR count). The van der Waals surface area contributed by atoms with E-state index in [4.69, 9.17) is 0 Å². The minimum atomic E-state index is -0.204. The number of carbonyl (C=O) groups is 1. The van der Waals surface area contributed by atoms with Crippen LogP contribution in [-0.4, -0.2) is 31.8 Å². The molecular formula is C22H23N5O2S. The van der Waals surface area contributed by atoms with E-state index < -0.39 is 0 Å². The zero-order valence-electron chi connectivity index (χ0n) is 17.0. The van der Waals surface area contributed by atoms with Crippen molar-refractivity contribution in [1.29, 1.82) is 0 Å². The molecule has 0 saturated carbocycles. The summed E-state index contributed by atoms with van der Waals surface area (Å²) in [5.74, 6) is -0.204. The van der Waals surface area contributed by atoms with Crippen LogP contribution in [0.3, 0.4) is 0 Å². The molecule has 0 aliphatic heterocycles.